The number of hydrogen-bond donors (Lipinski definition) is 0. The third kappa shape index (κ3) is 3.12. The van der Waals surface area contributed by atoms with Crippen molar-refractivity contribution in [2.24, 2.45) is 5.92 Å². The monoisotopic (exact) mass is 349 g/mol. The molecule has 2 atom stereocenters. The van der Waals surface area contributed by atoms with Gasteiger partial charge in [0.05, 0.1) is 6.04 Å². The van der Waals surface area contributed by atoms with E-state index in [4.69, 9.17) is 0 Å². The van der Waals surface area contributed by atoms with Gasteiger partial charge in [-0.3, -0.25) is 0 Å². The number of piperidine rings is 1. The van der Waals surface area contributed by atoms with Gasteiger partial charge in [-0.1, -0.05) is 6.07 Å². The van der Waals surface area contributed by atoms with E-state index in [9.17, 15) is 13.2 Å². The quantitative estimate of drug-likeness (QED) is 0.834. The van der Waals surface area contributed by atoms with Crippen molar-refractivity contribution in [2.45, 2.75) is 25.1 Å². The lowest BCUT2D eigenvalue weighted by Crippen LogP contribution is -2.49. The minimum absolute atomic E-state index is 0.133. The first-order chi connectivity index (χ1) is 12.0. The molecule has 2 fully saturated rings. The molecule has 25 heavy (non-hydrogen) atoms. The number of halogens is 3. The van der Waals surface area contributed by atoms with E-state index in [2.05, 4.69) is 19.9 Å². The lowest BCUT2D eigenvalue weighted by Gasteiger charge is -2.38. The van der Waals surface area contributed by atoms with Gasteiger partial charge in [0.2, 0.25) is 5.95 Å². The molecule has 0 aliphatic carbocycles. The van der Waals surface area contributed by atoms with Gasteiger partial charge in [-0.15, -0.1) is 0 Å². The van der Waals surface area contributed by atoms with Crippen molar-refractivity contribution >= 4 is 11.8 Å². The molecule has 2 aromatic heterocycles. The Morgan fingerprint density at radius 2 is 1.76 bits per heavy atom. The number of anilines is 2. The minimum Gasteiger partial charge on any atom is -0.352 e. The van der Waals surface area contributed by atoms with Gasteiger partial charge < -0.3 is 9.80 Å². The van der Waals surface area contributed by atoms with E-state index in [1.807, 2.05) is 4.90 Å². The van der Waals surface area contributed by atoms with E-state index in [0.29, 0.717) is 24.2 Å². The molecule has 2 unspecified atom stereocenters. The Morgan fingerprint density at radius 3 is 2.52 bits per heavy atom. The summed E-state index contributed by atoms with van der Waals surface area (Å²) in [6, 6.07) is 6.01. The number of rotatable bonds is 2. The van der Waals surface area contributed by atoms with Crippen LogP contribution in [0.15, 0.2) is 36.7 Å². The van der Waals surface area contributed by atoms with Gasteiger partial charge in [0.15, 0.2) is 0 Å². The molecule has 2 aliphatic heterocycles. The van der Waals surface area contributed by atoms with Crippen molar-refractivity contribution < 1.29 is 13.2 Å². The maximum Gasteiger partial charge on any atom is 0.433 e. The fourth-order valence-electron chi connectivity index (χ4n) is 3.80. The smallest absolute Gasteiger partial charge is 0.352 e. The Morgan fingerprint density at radius 1 is 1.00 bits per heavy atom. The second-order valence-corrected chi connectivity index (χ2v) is 6.47. The molecule has 0 radical (unpaired) electrons. The summed E-state index contributed by atoms with van der Waals surface area (Å²) in [7, 11) is 0. The van der Waals surface area contributed by atoms with E-state index < -0.39 is 11.9 Å². The summed E-state index contributed by atoms with van der Waals surface area (Å²) in [5.41, 5.74) is -0.840. The van der Waals surface area contributed by atoms with Gasteiger partial charge in [0.25, 0.3) is 0 Å². The van der Waals surface area contributed by atoms with Crippen molar-refractivity contribution in [1.29, 1.82) is 0 Å². The van der Waals surface area contributed by atoms with E-state index in [1.165, 1.54) is 6.07 Å². The molecule has 2 aromatic rings. The molecule has 0 saturated carbocycles. The highest BCUT2D eigenvalue weighted by Crippen LogP contribution is 2.36. The van der Waals surface area contributed by atoms with Gasteiger partial charge in [-0.05, 0) is 37.0 Å². The van der Waals surface area contributed by atoms with E-state index in [1.54, 1.807) is 24.5 Å². The van der Waals surface area contributed by atoms with Crippen LogP contribution in [0.5, 0.6) is 0 Å². The molecule has 0 aromatic carbocycles. The number of fused-ring (bicyclic) bond motifs is 1. The van der Waals surface area contributed by atoms with Gasteiger partial charge in [0, 0.05) is 32.0 Å². The molecule has 0 bridgehead atoms. The molecule has 8 heteroatoms. The largest absolute Gasteiger partial charge is 0.433 e. The molecule has 4 heterocycles. The second kappa shape index (κ2) is 6.16. The molecule has 5 nitrogen and oxygen atoms in total. The van der Waals surface area contributed by atoms with Crippen LogP contribution in [-0.2, 0) is 6.18 Å². The summed E-state index contributed by atoms with van der Waals surface area (Å²) >= 11 is 0. The predicted molar refractivity (Wildman–Crippen MR) is 87.3 cm³/mol. The predicted octanol–water partition coefficient (Wildman–Crippen LogP) is 3.00. The van der Waals surface area contributed by atoms with Gasteiger partial charge >= 0.3 is 6.18 Å². The van der Waals surface area contributed by atoms with Crippen molar-refractivity contribution in [3.05, 3.63) is 42.4 Å². The first-order valence-corrected chi connectivity index (χ1v) is 8.35. The van der Waals surface area contributed by atoms with E-state index >= 15 is 0 Å². The fraction of sp³-hybridized carbons (Fsp3) is 0.471. The lowest BCUT2D eigenvalue weighted by atomic mass is 9.92. The van der Waals surface area contributed by atoms with Gasteiger partial charge in [0.1, 0.15) is 11.5 Å². The number of pyridine rings is 1. The van der Waals surface area contributed by atoms with Crippen LogP contribution in [0.1, 0.15) is 18.5 Å². The summed E-state index contributed by atoms with van der Waals surface area (Å²) in [6.07, 6.45) is 0.945. The highest BCUT2D eigenvalue weighted by Gasteiger charge is 2.40. The maximum absolute atomic E-state index is 13.0. The number of alkyl halides is 3. The highest BCUT2D eigenvalue weighted by atomic mass is 19.4. The van der Waals surface area contributed by atoms with E-state index in [0.717, 1.165) is 32.0 Å². The lowest BCUT2D eigenvalue weighted by molar-refractivity contribution is -0.141. The second-order valence-electron chi connectivity index (χ2n) is 6.47. The Labute approximate surface area is 143 Å². The fourth-order valence-corrected chi connectivity index (χ4v) is 3.80. The van der Waals surface area contributed by atoms with Crippen LogP contribution in [-0.4, -0.2) is 40.6 Å². The Bertz CT molecular complexity index is 737. The van der Waals surface area contributed by atoms with Crippen LogP contribution < -0.4 is 9.80 Å². The molecule has 2 aliphatic rings. The summed E-state index contributed by atoms with van der Waals surface area (Å²) in [5.74, 6) is 1.54. The highest BCUT2D eigenvalue weighted by molar-refractivity contribution is 5.45. The average Bonchev–Trinajstić information content (AvgIpc) is 3.05. The van der Waals surface area contributed by atoms with Crippen LogP contribution >= 0.6 is 0 Å². The Kier molecular flexibility index (Phi) is 3.97. The average molecular weight is 349 g/mol. The number of nitrogens with zero attached hydrogens (tertiary/aromatic N) is 5. The molecule has 0 spiro atoms. The third-order valence-electron chi connectivity index (χ3n) is 5.02. The van der Waals surface area contributed by atoms with Gasteiger partial charge in [-0.2, -0.15) is 13.2 Å². The first kappa shape index (κ1) is 16.1. The zero-order chi connectivity index (χ0) is 17.4. The zero-order valence-corrected chi connectivity index (χ0v) is 13.5. The van der Waals surface area contributed by atoms with Crippen molar-refractivity contribution in [3.8, 4) is 0 Å². The van der Waals surface area contributed by atoms with Crippen LogP contribution in [0.25, 0.3) is 0 Å². The summed E-state index contributed by atoms with van der Waals surface area (Å²) < 4.78 is 38.9. The van der Waals surface area contributed by atoms with Crippen LogP contribution in [0.4, 0.5) is 24.9 Å². The van der Waals surface area contributed by atoms with Crippen molar-refractivity contribution in [2.75, 3.05) is 29.4 Å². The summed E-state index contributed by atoms with van der Waals surface area (Å²) in [6.45, 7) is 2.30. The standard InChI is InChI=1S/C17H18F3N5/c18-17(19,20)14-3-1-4-15(23-14)25-10-6-12-5-9-24(11-13(12)25)16-21-7-2-8-22-16/h1-4,7-8,12-13H,5-6,9-11H2. The topological polar surface area (TPSA) is 45.2 Å². The molecule has 0 N–H and O–H groups in total. The molecular weight excluding hydrogens is 331 g/mol. The molecule has 4 rings (SSSR count). The normalized spacial score (nSPS) is 23.6. The third-order valence-corrected chi connectivity index (χ3v) is 5.02. The number of hydrogen-bond acceptors (Lipinski definition) is 5. The molecular formula is C17H18F3N5. The maximum atomic E-state index is 13.0. The van der Waals surface area contributed by atoms with Crippen LogP contribution in [0, 0.1) is 5.92 Å². The Hall–Kier alpha value is -2.38. The molecule has 132 valence electrons. The first-order valence-electron chi connectivity index (χ1n) is 8.35. The van der Waals surface area contributed by atoms with Crippen LogP contribution in [0.3, 0.4) is 0 Å². The summed E-state index contributed by atoms with van der Waals surface area (Å²) in [5, 5.41) is 0. The SMILES string of the molecule is FC(F)(F)c1cccc(N2CCC3CCN(c4ncccn4)CC32)n1. The summed E-state index contributed by atoms with van der Waals surface area (Å²) in [4.78, 5) is 16.6. The molecule has 0 amide bonds. The number of aromatic nitrogens is 3. The molecule has 2 saturated heterocycles. The van der Waals surface area contributed by atoms with Gasteiger partial charge in [-0.25, -0.2) is 15.0 Å². The Balaban J connectivity index is 1.58. The van der Waals surface area contributed by atoms with Crippen LogP contribution in [0.2, 0.25) is 0 Å². The minimum atomic E-state index is -4.42. The van der Waals surface area contributed by atoms with E-state index in [-0.39, 0.29) is 6.04 Å². The zero-order valence-electron chi connectivity index (χ0n) is 13.5. The van der Waals surface area contributed by atoms with Crippen molar-refractivity contribution in [3.63, 3.8) is 0 Å². The van der Waals surface area contributed by atoms with Crippen molar-refractivity contribution in [1.82, 2.24) is 15.0 Å².